The van der Waals surface area contributed by atoms with Gasteiger partial charge in [-0.25, -0.2) is 4.85 Å². The van der Waals surface area contributed by atoms with Gasteiger partial charge in [0.05, 0.1) is 24.1 Å². The van der Waals surface area contributed by atoms with Gasteiger partial charge in [-0.2, -0.15) is 0 Å². The molecule has 1 N–H and O–H groups in total. The third-order valence-corrected chi connectivity index (χ3v) is 13.8. The van der Waals surface area contributed by atoms with Crippen LogP contribution >= 0.6 is 11.6 Å². The normalized spacial score (nSPS) is 23.6. The summed E-state index contributed by atoms with van der Waals surface area (Å²) < 4.78 is 0. The first-order valence-corrected chi connectivity index (χ1v) is 20.5. The van der Waals surface area contributed by atoms with Crippen LogP contribution in [-0.2, 0) is 33.9 Å². The number of imide groups is 2. The number of likely N-dealkylation sites (tertiary alicyclic amines) is 1. The van der Waals surface area contributed by atoms with Crippen LogP contribution in [0.3, 0.4) is 0 Å². The maximum Gasteiger partial charge on any atom is 0.262 e. The van der Waals surface area contributed by atoms with Gasteiger partial charge in [0.15, 0.2) is 0 Å². The molecule has 0 bridgehead atoms. The number of carbonyl (C=O) groups is 5. The van der Waals surface area contributed by atoms with Crippen LogP contribution in [-0.4, -0.2) is 95.1 Å². The Bertz CT molecular complexity index is 2180. The summed E-state index contributed by atoms with van der Waals surface area (Å²) >= 11 is 6.38. The molecule has 0 radical (unpaired) electrons. The molecule has 9 rings (SSSR count). The minimum atomic E-state index is -0.972. The number of rotatable bonds is 6. The number of halogens is 1. The van der Waals surface area contributed by atoms with E-state index in [0.717, 1.165) is 79.0 Å². The Labute approximate surface area is 337 Å². The van der Waals surface area contributed by atoms with Gasteiger partial charge in [-0.15, -0.1) is 0 Å². The van der Waals surface area contributed by atoms with Crippen molar-refractivity contribution in [1.82, 2.24) is 20.0 Å². The number of anilines is 2. The average molecular weight is 788 g/mol. The highest BCUT2D eigenvalue weighted by Crippen LogP contribution is 2.46. The molecular formula is C44H46ClN7O5. The van der Waals surface area contributed by atoms with Gasteiger partial charge in [-0.3, -0.25) is 39.1 Å². The third-order valence-electron chi connectivity index (χ3n) is 13.5. The topological polar surface area (TPSA) is 118 Å². The molecular weight excluding hydrogens is 742 g/mol. The Morgan fingerprint density at radius 2 is 1.53 bits per heavy atom. The van der Waals surface area contributed by atoms with Crippen LogP contribution in [0.4, 0.5) is 17.1 Å². The van der Waals surface area contributed by atoms with Crippen molar-refractivity contribution in [2.75, 3.05) is 42.5 Å². The molecule has 1 unspecified atom stereocenters. The van der Waals surface area contributed by atoms with Crippen molar-refractivity contribution >= 4 is 58.2 Å². The maximum absolute atomic E-state index is 13.4. The number of fused-ring (bicyclic) bond motifs is 2. The summed E-state index contributed by atoms with van der Waals surface area (Å²) in [7, 11) is 0. The number of piperidine rings is 3. The van der Waals surface area contributed by atoms with E-state index in [-0.39, 0.29) is 30.2 Å². The molecule has 4 saturated heterocycles. The van der Waals surface area contributed by atoms with E-state index in [1.807, 2.05) is 35.2 Å². The fourth-order valence-corrected chi connectivity index (χ4v) is 10.5. The van der Waals surface area contributed by atoms with Crippen molar-refractivity contribution in [3.05, 3.63) is 98.9 Å². The monoisotopic (exact) mass is 787 g/mol. The van der Waals surface area contributed by atoms with E-state index < -0.39 is 29.7 Å². The van der Waals surface area contributed by atoms with Gasteiger partial charge < -0.3 is 14.7 Å². The number of hydrogen-bond donors (Lipinski definition) is 1. The molecule has 12 nitrogen and oxygen atoms in total. The van der Waals surface area contributed by atoms with Gasteiger partial charge in [-0.05, 0) is 104 Å². The molecule has 5 amide bonds. The number of nitrogens with one attached hydrogen (secondary N) is 1. The van der Waals surface area contributed by atoms with Crippen molar-refractivity contribution in [2.24, 2.45) is 5.41 Å². The summed E-state index contributed by atoms with van der Waals surface area (Å²) in [4.78, 5) is 78.0. The summed E-state index contributed by atoms with van der Waals surface area (Å²) in [6.45, 7) is 15.3. The minimum absolute atomic E-state index is 0.0917. The third kappa shape index (κ3) is 6.84. The minimum Gasteiger partial charge on any atom is -0.371 e. The predicted octanol–water partition coefficient (Wildman–Crippen LogP) is 5.73. The lowest BCUT2D eigenvalue weighted by molar-refractivity contribution is -0.136. The zero-order valence-electron chi connectivity index (χ0n) is 32.1. The lowest BCUT2D eigenvalue weighted by atomic mass is 9.76. The van der Waals surface area contributed by atoms with Gasteiger partial charge >= 0.3 is 0 Å². The second-order valence-electron chi connectivity index (χ2n) is 16.9. The smallest absolute Gasteiger partial charge is 0.262 e. The molecule has 3 aromatic rings. The van der Waals surface area contributed by atoms with Crippen molar-refractivity contribution in [1.29, 1.82) is 0 Å². The Balaban J connectivity index is 0.744. The van der Waals surface area contributed by atoms with Gasteiger partial charge in [0.1, 0.15) is 6.04 Å². The first-order chi connectivity index (χ1) is 27.5. The average Bonchev–Trinajstić information content (AvgIpc) is 3.85. The number of carbonyl (C=O) groups excluding carboxylic acids is 5. The quantitative estimate of drug-likeness (QED) is 0.249. The lowest BCUT2D eigenvalue weighted by Crippen LogP contribution is -2.54. The van der Waals surface area contributed by atoms with Gasteiger partial charge in [0.25, 0.3) is 11.8 Å². The molecule has 57 heavy (non-hydrogen) atoms. The van der Waals surface area contributed by atoms with E-state index in [4.69, 9.17) is 18.2 Å². The van der Waals surface area contributed by atoms with E-state index in [9.17, 15) is 24.0 Å². The van der Waals surface area contributed by atoms with Crippen molar-refractivity contribution < 1.29 is 24.0 Å². The Morgan fingerprint density at radius 1 is 0.877 bits per heavy atom. The van der Waals surface area contributed by atoms with Crippen molar-refractivity contribution in [3.63, 3.8) is 0 Å². The van der Waals surface area contributed by atoms with Crippen LogP contribution in [0.5, 0.6) is 0 Å². The van der Waals surface area contributed by atoms with Crippen LogP contribution in [0.2, 0.25) is 5.02 Å². The highest BCUT2D eigenvalue weighted by molar-refractivity contribution is 6.33. The van der Waals surface area contributed by atoms with E-state index in [1.165, 1.54) is 5.69 Å². The maximum atomic E-state index is 13.4. The van der Waals surface area contributed by atoms with E-state index in [0.29, 0.717) is 60.5 Å². The molecule has 4 fully saturated rings. The molecule has 6 aliphatic heterocycles. The molecule has 0 aromatic heterocycles. The SMILES string of the molecule is [C-]#[N+]c1ccc(N2CC3(CCN(c4ccc(CC(=O)N5CCC(N6Cc7cc8c(cc7C6)C(=O)N(C6CCC(=O)NC6=O)C8=O)CC5)cc4)CC3)C[C@@H]2C)cc1Cl. The molecule has 6 heterocycles. The lowest BCUT2D eigenvalue weighted by Gasteiger charge is -2.40. The van der Waals surface area contributed by atoms with Crippen LogP contribution in [0, 0.1) is 12.0 Å². The van der Waals surface area contributed by atoms with Gasteiger partial charge in [-0.1, -0.05) is 29.8 Å². The molecule has 13 heteroatoms. The summed E-state index contributed by atoms with van der Waals surface area (Å²) in [5.74, 6) is -1.81. The molecule has 1 spiro atoms. The fraction of sp³-hybridized carbons (Fsp3) is 0.455. The largest absolute Gasteiger partial charge is 0.371 e. The molecule has 3 aromatic carbocycles. The van der Waals surface area contributed by atoms with Crippen LogP contribution in [0.1, 0.15) is 89.3 Å². The zero-order chi connectivity index (χ0) is 39.6. The van der Waals surface area contributed by atoms with Crippen LogP contribution in [0.15, 0.2) is 54.6 Å². The summed E-state index contributed by atoms with van der Waals surface area (Å²) in [5.41, 5.74) is 6.74. The molecule has 2 atom stereocenters. The Morgan fingerprint density at radius 3 is 2.14 bits per heavy atom. The molecule has 294 valence electrons. The van der Waals surface area contributed by atoms with Crippen LogP contribution < -0.4 is 15.1 Å². The number of amides is 5. The summed E-state index contributed by atoms with van der Waals surface area (Å²) in [6.07, 6.45) is 5.70. The second-order valence-corrected chi connectivity index (χ2v) is 17.3. The standard InChI is InChI=1S/C44H46ClN7O5/c1-27-23-44(26-51(27)33-7-8-37(46-2)36(45)22-33)13-17-48(18-14-44)31-5-3-28(4-6-31)19-40(54)49-15-11-32(12-16-49)50-24-29-20-34-35(21-30(29)25-50)43(57)52(42(34)56)38-9-10-39(53)47-41(38)55/h3-8,20-22,27,32,38H,9-19,23-26H2,1H3,(H,47,53,55)/t27-,38?/m0/s1. The Hall–Kier alpha value is -5.25. The van der Waals surface area contributed by atoms with E-state index >= 15 is 0 Å². The van der Waals surface area contributed by atoms with Crippen molar-refractivity contribution in [3.8, 4) is 0 Å². The first-order valence-electron chi connectivity index (χ1n) is 20.2. The number of hydrogen-bond acceptors (Lipinski definition) is 8. The summed E-state index contributed by atoms with van der Waals surface area (Å²) in [6, 6.07) is 17.6. The second kappa shape index (κ2) is 14.6. The molecule has 0 aliphatic carbocycles. The molecule has 0 saturated carbocycles. The van der Waals surface area contributed by atoms with E-state index in [2.05, 4.69) is 56.1 Å². The first kappa shape index (κ1) is 37.3. The highest BCUT2D eigenvalue weighted by Gasteiger charge is 2.46. The van der Waals surface area contributed by atoms with E-state index in [1.54, 1.807) is 0 Å². The van der Waals surface area contributed by atoms with Crippen LogP contribution in [0.25, 0.3) is 4.85 Å². The van der Waals surface area contributed by atoms with Gasteiger partial charge in [0.2, 0.25) is 23.4 Å². The fourth-order valence-electron chi connectivity index (χ4n) is 10.3. The number of nitrogens with zero attached hydrogens (tertiary/aromatic N) is 6. The highest BCUT2D eigenvalue weighted by atomic mass is 35.5. The van der Waals surface area contributed by atoms with Crippen molar-refractivity contribution in [2.45, 2.75) is 89.5 Å². The Kier molecular flexibility index (Phi) is 9.56. The zero-order valence-corrected chi connectivity index (χ0v) is 32.9. The predicted molar refractivity (Wildman–Crippen MR) is 215 cm³/mol. The van der Waals surface area contributed by atoms with Gasteiger partial charge in [0, 0.05) is 80.7 Å². The summed E-state index contributed by atoms with van der Waals surface area (Å²) in [5, 5.41) is 2.76. The number of benzene rings is 3. The molecule has 6 aliphatic rings.